The van der Waals surface area contributed by atoms with Gasteiger partial charge in [0.2, 0.25) is 5.91 Å². The maximum Gasteiger partial charge on any atom is 0.433 e. The summed E-state index contributed by atoms with van der Waals surface area (Å²) in [6.07, 6.45) is -2.96. The number of likely N-dealkylation sites (tertiary alicyclic amines) is 1. The molecule has 1 aliphatic heterocycles. The highest BCUT2D eigenvalue weighted by Gasteiger charge is 2.32. The average molecular weight is 319 g/mol. The summed E-state index contributed by atoms with van der Waals surface area (Å²) in [4.78, 5) is 16.8. The molecule has 0 aliphatic carbocycles. The molecule has 0 bridgehead atoms. The van der Waals surface area contributed by atoms with Crippen molar-refractivity contribution in [3.05, 3.63) is 23.9 Å². The van der Waals surface area contributed by atoms with Crippen LogP contribution in [0, 0.1) is 0 Å². The summed E-state index contributed by atoms with van der Waals surface area (Å²) in [5.74, 6) is -0.0874. The molecule has 116 valence electrons. The average Bonchev–Trinajstić information content (AvgIpc) is 2.47. The third-order valence-corrected chi connectivity index (χ3v) is 4.54. The summed E-state index contributed by atoms with van der Waals surface area (Å²) in [7, 11) is 0. The Morgan fingerprint density at radius 2 is 2.05 bits per heavy atom. The summed E-state index contributed by atoms with van der Waals surface area (Å²) < 4.78 is 37.8. The van der Waals surface area contributed by atoms with E-state index in [4.69, 9.17) is 5.73 Å². The monoisotopic (exact) mass is 319 g/mol. The van der Waals surface area contributed by atoms with Crippen LogP contribution in [0.4, 0.5) is 13.2 Å². The van der Waals surface area contributed by atoms with Crippen molar-refractivity contribution in [2.45, 2.75) is 29.3 Å². The number of piperidine rings is 1. The Bertz CT molecular complexity index is 502. The number of thioether (sulfide) groups is 1. The lowest BCUT2D eigenvalue weighted by Crippen LogP contribution is -2.42. The number of aromatic nitrogens is 1. The van der Waals surface area contributed by atoms with Crippen LogP contribution in [-0.2, 0) is 11.0 Å². The van der Waals surface area contributed by atoms with Crippen molar-refractivity contribution in [2.24, 2.45) is 5.73 Å². The lowest BCUT2D eigenvalue weighted by molar-refractivity contribution is -0.141. The summed E-state index contributed by atoms with van der Waals surface area (Å²) >= 11 is 1.34. The van der Waals surface area contributed by atoms with Crippen LogP contribution in [0.1, 0.15) is 18.5 Å². The second kappa shape index (κ2) is 6.65. The van der Waals surface area contributed by atoms with Crippen molar-refractivity contribution in [2.75, 3.05) is 19.6 Å². The van der Waals surface area contributed by atoms with Gasteiger partial charge in [-0.1, -0.05) is 6.07 Å². The van der Waals surface area contributed by atoms with E-state index in [1.54, 1.807) is 11.0 Å². The number of rotatable bonds is 3. The number of carbonyl (C=O) groups excluding carboxylic acids is 1. The molecule has 0 unspecified atom stereocenters. The van der Waals surface area contributed by atoms with Gasteiger partial charge in [0.15, 0.2) is 0 Å². The summed E-state index contributed by atoms with van der Waals surface area (Å²) in [6.45, 7) is 1.17. The highest BCUT2D eigenvalue weighted by atomic mass is 32.2. The first-order valence-corrected chi connectivity index (χ1v) is 7.47. The highest BCUT2D eigenvalue weighted by Crippen LogP contribution is 2.32. The molecule has 0 atom stereocenters. The second-order valence-corrected chi connectivity index (χ2v) is 6.08. The molecule has 2 heterocycles. The fourth-order valence-electron chi connectivity index (χ4n) is 2.16. The second-order valence-electron chi connectivity index (χ2n) is 4.76. The minimum absolute atomic E-state index is 0.00695. The van der Waals surface area contributed by atoms with E-state index in [0.29, 0.717) is 18.1 Å². The first kappa shape index (κ1) is 16.1. The van der Waals surface area contributed by atoms with Crippen molar-refractivity contribution in [3.63, 3.8) is 0 Å². The number of carbonyl (C=O) groups is 1. The molecule has 0 aromatic carbocycles. The molecule has 1 aromatic heterocycles. The van der Waals surface area contributed by atoms with E-state index in [9.17, 15) is 18.0 Å². The molecule has 0 saturated carbocycles. The van der Waals surface area contributed by atoms with E-state index in [1.807, 2.05) is 0 Å². The molecule has 1 aliphatic rings. The van der Waals surface area contributed by atoms with E-state index in [0.717, 1.165) is 18.9 Å². The summed E-state index contributed by atoms with van der Waals surface area (Å²) in [5, 5.41) is 0.538. The first-order valence-electron chi connectivity index (χ1n) is 6.59. The van der Waals surface area contributed by atoms with Crippen molar-refractivity contribution >= 4 is 17.7 Å². The minimum atomic E-state index is -4.42. The number of alkyl halides is 3. The number of nitrogens with zero attached hydrogens (tertiary/aromatic N) is 2. The molecule has 2 N–H and O–H groups in total. The van der Waals surface area contributed by atoms with Crippen LogP contribution >= 0.6 is 11.8 Å². The van der Waals surface area contributed by atoms with Gasteiger partial charge in [-0.2, -0.15) is 13.2 Å². The van der Waals surface area contributed by atoms with E-state index >= 15 is 0 Å². The molecule has 0 spiro atoms. The van der Waals surface area contributed by atoms with Crippen LogP contribution in [0.5, 0.6) is 0 Å². The van der Waals surface area contributed by atoms with Gasteiger partial charge in [-0.3, -0.25) is 4.79 Å². The van der Waals surface area contributed by atoms with Gasteiger partial charge < -0.3 is 10.6 Å². The molecular formula is C13H16F3N3OS. The van der Waals surface area contributed by atoms with Crippen LogP contribution in [-0.4, -0.2) is 40.7 Å². The van der Waals surface area contributed by atoms with Crippen LogP contribution < -0.4 is 5.73 Å². The zero-order valence-corrected chi connectivity index (χ0v) is 12.1. The smallest absolute Gasteiger partial charge is 0.342 e. The molecule has 0 radical (unpaired) electrons. The predicted octanol–water partition coefficient (Wildman–Crippen LogP) is 2.14. The predicted molar refractivity (Wildman–Crippen MR) is 73.8 cm³/mol. The van der Waals surface area contributed by atoms with E-state index in [2.05, 4.69) is 4.98 Å². The van der Waals surface area contributed by atoms with Crippen molar-refractivity contribution in [1.82, 2.24) is 9.88 Å². The fraction of sp³-hybridized carbons (Fsp3) is 0.538. The maximum atomic E-state index is 12.6. The van der Waals surface area contributed by atoms with Gasteiger partial charge in [0.25, 0.3) is 0 Å². The molecule has 4 nitrogen and oxygen atoms in total. The molecule has 2 rings (SSSR count). The fourth-order valence-corrected chi connectivity index (χ4v) is 3.26. The van der Waals surface area contributed by atoms with Gasteiger partial charge in [-0.15, -0.1) is 11.8 Å². The van der Waals surface area contributed by atoms with E-state index in [-0.39, 0.29) is 17.7 Å². The Balaban J connectivity index is 1.93. The normalized spacial score (nSPS) is 17.0. The Morgan fingerprint density at radius 3 is 2.62 bits per heavy atom. The molecule has 1 saturated heterocycles. The van der Waals surface area contributed by atoms with Crippen molar-refractivity contribution < 1.29 is 18.0 Å². The number of hydrogen-bond donors (Lipinski definition) is 1. The van der Waals surface area contributed by atoms with Gasteiger partial charge in [0.1, 0.15) is 5.69 Å². The largest absolute Gasteiger partial charge is 0.433 e. The van der Waals surface area contributed by atoms with Gasteiger partial charge >= 0.3 is 6.18 Å². The minimum Gasteiger partial charge on any atom is -0.342 e. The standard InChI is InChI=1S/C13H16F3N3OS/c14-13(15,16)10-2-1-3-11(18-10)21-9-4-6-19(7-5-9)12(20)8-17/h1-3,9H,4-8,17H2. The molecular weight excluding hydrogens is 303 g/mol. The number of halogens is 3. The lowest BCUT2D eigenvalue weighted by atomic mass is 10.1. The number of nitrogens with two attached hydrogens (primary N) is 1. The lowest BCUT2D eigenvalue weighted by Gasteiger charge is -2.31. The van der Waals surface area contributed by atoms with Gasteiger partial charge in [0.05, 0.1) is 11.6 Å². The number of amides is 1. The van der Waals surface area contributed by atoms with Crippen LogP contribution in [0.2, 0.25) is 0 Å². The topological polar surface area (TPSA) is 59.2 Å². The zero-order valence-electron chi connectivity index (χ0n) is 11.3. The van der Waals surface area contributed by atoms with Crippen molar-refractivity contribution in [3.8, 4) is 0 Å². The Kier molecular flexibility index (Phi) is 5.10. The van der Waals surface area contributed by atoms with E-state index < -0.39 is 11.9 Å². The van der Waals surface area contributed by atoms with Crippen LogP contribution in [0.25, 0.3) is 0 Å². The third kappa shape index (κ3) is 4.34. The number of hydrogen-bond acceptors (Lipinski definition) is 4. The Morgan fingerprint density at radius 1 is 1.38 bits per heavy atom. The highest BCUT2D eigenvalue weighted by molar-refractivity contribution is 7.99. The Hall–Kier alpha value is -1.28. The molecule has 1 fully saturated rings. The van der Waals surface area contributed by atoms with E-state index in [1.165, 1.54) is 17.8 Å². The number of pyridine rings is 1. The maximum absolute atomic E-state index is 12.6. The molecule has 1 aromatic rings. The first-order chi connectivity index (χ1) is 9.90. The van der Waals surface area contributed by atoms with Crippen LogP contribution in [0.15, 0.2) is 23.2 Å². The van der Waals surface area contributed by atoms with Gasteiger partial charge in [0, 0.05) is 18.3 Å². The van der Waals surface area contributed by atoms with Gasteiger partial charge in [-0.25, -0.2) is 4.98 Å². The van der Waals surface area contributed by atoms with Gasteiger partial charge in [-0.05, 0) is 25.0 Å². The SMILES string of the molecule is NCC(=O)N1CCC(Sc2cccc(C(F)(F)F)n2)CC1. The Labute approximate surface area is 124 Å². The molecule has 8 heteroatoms. The summed E-state index contributed by atoms with van der Waals surface area (Å²) in [5.41, 5.74) is 4.43. The molecule has 1 amide bonds. The van der Waals surface area contributed by atoms with Crippen molar-refractivity contribution in [1.29, 1.82) is 0 Å². The quantitative estimate of drug-likeness (QED) is 0.927. The van der Waals surface area contributed by atoms with Crippen LogP contribution in [0.3, 0.4) is 0 Å². The zero-order chi connectivity index (χ0) is 15.5. The third-order valence-electron chi connectivity index (χ3n) is 3.27. The summed E-state index contributed by atoms with van der Waals surface area (Å²) in [6, 6.07) is 3.91. The molecule has 21 heavy (non-hydrogen) atoms.